The molecule has 1 aliphatic heterocycles. The van der Waals surface area contributed by atoms with Crippen molar-refractivity contribution < 1.29 is 17.9 Å². The molecular weight excluding hydrogens is 522 g/mol. The van der Waals surface area contributed by atoms with Crippen LogP contribution in [0.25, 0.3) is 5.69 Å². The summed E-state index contributed by atoms with van der Waals surface area (Å²) in [5.74, 6) is 0.430. The van der Waals surface area contributed by atoms with Crippen LogP contribution >= 0.6 is 15.9 Å². The third-order valence-electron chi connectivity index (χ3n) is 5.80. The summed E-state index contributed by atoms with van der Waals surface area (Å²) in [7, 11) is -3.42. The Morgan fingerprint density at radius 3 is 2.50 bits per heavy atom. The van der Waals surface area contributed by atoms with Crippen molar-refractivity contribution in [1.82, 2.24) is 14.5 Å². The molecule has 0 aliphatic carbocycles. The standard InChI is InChI=1S/C24H32BrN3O5S/c1-5-34(31,32)21-13-18(25)12-20(14-21)28-16-19(26-15-22(28)29)7-6-17-8-10-27(11-9-17)23(30)33-24(2,3)4/h12-17H,5-11H2,1-4H3. The molecule has 186 valence electrons. The molecular formula is C24H32BrN3O5S. The Bertz CT molecular complexity index is 1200. The minimum absolute atomic E-state index is 0.0217. The molecule has 2 heterocycles. The number of nitrogens with zero attached hydrogens (tertiary/aromatic N) is 3. The molecule has 1 saturated heterocycles. The SMILES string of the molecule is CCS(=O)(=O)c1cc(Br)cc(-n2cc(CCC3CCN(C(=O)OC(C)(C)C)CC3)ncc2=O)c1. The fourth-order valence-corrected chi connectivity index (χ4v) is 5.47. The van der Waals surface area contributed by atoms with Gasteiger partial charge in [0.25, 0.3) is 5.56 Å². The Labute approximate surface area is 209 Å². The van der Waals surface area contributed by atoms with Crippen LogP contribution in [-0.2, 0) is 21.0 Å². The van der Waals surface area contributed by atoms with Crippen molar-refractivity contribution in [3.63, 3.8) is 0 Å². The number of hydrogen-bond donors (Lipinski definition) is 0. The number of carbonyl (C=O) groups excluding carboxylic acids is 1. The van der Waals surface area contributed by atoms with Gasteiger partial charge in [0, 0.05) is 23.8 Å². The van der Waals surface area contributed by atoms with E-state index in [1.807, 2.05) is 20.8 Å². The van der Waals surface area contributed by atoms with E-state index >= 15 is 0 Å². The van der Waals surface area contributed by atoms with Crippen molar-refractivity contribution in [2.45, 2.75) is 63.9 Å². The van der Waals surface area contributed by atoms with Gasteiger partial charge in [0.05, 0.1) is 28.2 Å². The first-order valence-electron chi connectivity index (χ1n) is 11.5. The van der Waals surface area contributed by atoms with Crippen LogP contribution in [0.3, 0.4) is 0 Å². The highest BCUT2D eigenvalue weighted by molar-refractivity contribution is 9.10. The summed E-state index contributed by atoms with van der Waals surface area (Å²) in [6, 6.07) is 4.77. The van der Waals surface area contributed by atoms with E-state index in [0.29, 0.717) is 35.6 Å². The fourth-order valence-electron chi connectivity index (χ4n) is 3.89. The maximum atomic E-state index is 12.5. The van der Waals surface area contributed by atoms with Gasteiger partial charge in [-0.2, -0.15) is 0 Å². The van der Waals surface area contributed by atoms with Crippen molar-refractivity contribution >= 4 is 31.9 Å². The van der Waals surface area contributed by atoms with Gasteiger partial charge < -0.3 is 9.64 Å². The Kier molecular flexibility index (Phi) is 8.23. The number of amides is 1. The number of hydrogen-bond acceptors (Lipinski definition) is 6. The van der Waals surface area contributed by atoms with E-state index in [1.165, 1.54) is 16.8 Å². The molecule has 0 spiro atoms. The van der Waals surface area contributed by atoms with Gasteiger partial charge in [0.1, 0.15) is 5.60 Å². The second-order valence-corrected chi connectivity index (χ2v) is 12.8. The predicted octanol–water partition coefficient (Wildman–Crippen LogP) is 4.37. The summed E-state index contributed by atoms with van der Waals surface area (Å²) in [4.78, 5) is 31.0. The Hall–Kier alpha value is -2.20. The van der Waals surface area contributed by atoms with Gasteiger partial charge in [-0.1, -0.05) is 22.9 Å². The molecule has 0 radical (unpaired) electrons. The number of sulfone groups is 1. The number of rotatable bonds is 6. The molecule has 1 fully saturated rings. The van der Waals surface area contributed by atoms with E-state index < -0.39 is 15.4 Å². The quantitative estimate of drug-likeness (QED) is 0.526. The summed E-state index contributed by atoms with van der Waals surface area (Å²) < 4.78 is 32.2. The molecule has 10 heteroatoms. The van der Waals surface area contributed by atoms with E-state index in [4.69, 9.17) is 4.74 Å². The highest BCUT2D eigenvalue weighted by Crippen LogP contribution is 2.25. The number of benzene rings is 1. The molecule has 1 aromatic carbocycles. The van der Waals surface area contributed by atoms with Gasteiger partial charge >= 0.3 is 6.09 Å². The predicted molar refractivity (Wildman–Crippen MR) is 134 cm³/mol. The average molecular weight is 555 g/mol. The Morgan fingerprint density at radius 1 is 1.21 bits per heavy atom. The number of aryl methyl sites for hydroxylation is 1. The normalized spacial score (nSPS) is 15.4. The van der Waals surface area contributed by atoms with Gasteiger partial charge in [-0.25, -0.2) is 13.2 Å². The van der Waals surface area contributed by atoms with E-state index in [2.05, 4.69) is 20.9 Å². The van der Waals surface area contributed by atoms with Gasteiger partial charge in [-0.3, -0.25) is 14.3 Å². The van der Waals surface area contributed by atoms with Gasteiger partial charge in [0.15, 0.2) is 9.84 Å². The van der Waals surface area contributed by atoms with Crippen LogP contribution in [0.4, 0.5) is 4.79 Å². The van der Waals surface area contributed by atoms with Crippen molar-refractivity contribution in [1.29, 1.82) is 0 Å². The lowest BCUT2D eigenvalue weighted by atomic mass is 9.92. The average Bonchev–Trinajstić information content (AvgIpc) is 2.77. The second kappa shape index (κ2) is 10.6. The Morgan fingerprint density at radius 2 is 1.88 bits per heavy atom. The number of piperidine rings is 1. The minimum atomic E-state index is -3.42. The van der Waals surface area contributed by atoms with E-state index in [1.54, 1.807) is 30.2 Å². The van der Waals surface area contributed by atoms with Gasteiger partial charge in [-0.05, 0) is 70.6 Å². The Balaban J connectivity index is 1.67. The van der Waals surface area contributed by atoms with Crippen molar-refractivity contribution in [3.8, 4) is 5.69 Å². The molecule has 0 saturated carbocycles. The van der Waals surface area contributed by atoms with Crippen LogP contribution in [0.5, 0.6) is 0 Å². The monoisotopic (exact) mass is 553 g/mol. The zero-order chi connectivity index (χ0) is 25.1. The lowest BCUT2D eigenvalue weighted by molar-refractivity contribution is 0.0181. The lowest BCUT2D eigenvalue weighted by Crippen LogP contribution is -2.41. The molecule has 2 aromatic rings. The lowest BCUT2D eigenvalue weighted by Gasteiger charge is -2.33. The number of carbonyl (C=O) groups is 1. The summed E-state index contributed by atoms with van der Waals surface area (Å²) in [6.45, 7) is 8.51. The first-order chi connectivity index (χ1) is 15.9. The summed E-state index contributed by atoms with van der Waals surface area (Å²) in [5.41, 5.74) is 0.403. The number of halogens is 1. The van der Waals surface area contributed by atoms with Crippen LogP contribution in [-0.4, -0.2) is 53.4 Å². The fraction of sp³-hybridized carbons (Fsp3) is 0.542. The highest BCUT2D eigenvalue weighted by atomic mass is 79.9. The zero-order valence-corrected chi connectivity index (χ0v) is 22.5. The molecule has 34 heavy (non-hydrogen) atoms. The second-order valence-electron chi connectivity index (χ2n) is 9.58. The molecule has 1 aliphatic rings. The first kappa shape index (κ1) is 26.4. The van der Waals surface area contributed by atoms with Gasteiger partial charge in [0.2, 0.25) is 0 Å². The van der Waals surface area contributed by atoms with Crippen LogP contribution in [0, 0.1) is 5.92 Å². The number of likely N-dealkylation sites (tertiary alicyclic amines) is 1. The smallest absolute Gasteiger partial charge is 0.410 e. The molecule has 0 unspecified atom stereocenters. The maximum absolute atomic E-state index is 12.5. The van der Waals surface area contributed by atoms with Crippen LogP contribution in [0.1, 0.15) is 52.7 Å². The molecule has 1 amide bonds. The molecule has 0 N–H and O–H groups in total. The largest absolute Gasteiger partial charge is 0.444 e. The summed E-state index contributed by atoms with van der Waals surface area (Å²) in [6.07, 6.45) is 6.05. The number of aromatic nitrogens is 2. The molecule has 3 rings (SSSR count). The van der Waals surface area contributed by atoms with Crippen LogP contribution in [0.15, 0.2) is 44.8 Å². The first-order valence-corrected chi connectivity index (χ1v) is 13.9. The molecule has 0 atom stereocenters. The molecule has 8 nitrogen and oxygen atoms in total. The minimum Gasteiger partial charge on any atom is -0.444 e. The van der Waals surface area contributed by atoms with Gasteiger partial charge in [-0.15, -0.1) is 0 Å². The van der Waals surface area contributed by atoms with E-state index in [0.717, 1.165) is 25.0 Å². The van der Waals surface area contributed by atoms with Crippen molar-refractivity contribution in [2.24, 2.45) is 5.92 Å². The van der Waals surface area contributed by atoms with Crippen molar-refractivity contribution in [3.05, 3.63) is 51.1 Å². The summed E-state index contributed by atoms with van der Waals surface area (Å²) >= 11 is 3.36. The van der Waals surface area contributed by atoms with Crippen LogP contribution < -0.4 is 5.56 Å². The molecule has 0 bridgehead atoms. The van der Waals surface area contributed by atoms with Crippen LogP contribution in [0.2, 0.25) is 0 Å². The third-order valence-corrected chi connectivity index (χ3v) is 7.98. The summed E-state index contributed by atoms with van der Waals surface area (Å²) in [5, 5.41) is 0. The van der Waals surface area contributed by atoms with E-state index in [-0.39, 0.29) is 22.3 Å². The maximum Gasteiger partial charge on any atom is 0.410 e. The van der Waals surface area contributed by atoms with Crippen molar-refractivity contribution in [2.75, 3.05) is 18.8 Å². The third kappa shape index (κ3) is 6.91. The number of ether oxygens (including phenoxy) is 1. The highest BCUT2D eigenvalue weighted by Gasteiger charge is 2.26. The zero-order valence-electron chi connectivity index (χ0n) is 20.1. The molecule has 1 aromatic heterocycles. The van der Waals surface area contributed by atoms with E-state index in [9.17, 15) is 18.0 Å². The topological polar surface area (TPSA) is 98.6 Å².